The molecule has 1 saturated heterocycles. The van der Waals surface area contributed by atoms with E-state index in [-0.39, 0.29) is 29.7 Å². The summed E-state index contributed by atoms with van der Waals surface area (Å²) in [5.41, 5.74) is 0.909. The number of nitrogens with one attached hydrogen (secondary N) is 2. The molecule has 2 N–H and O–H groups in total. The van der Waals surface area contributed by atoms with Crippen LogP contribution in [0.3, 0.4) is 0 Å². The van der Waals surface area contributed by atoms with Gasteiger partial charge in [-0.05, 0) is 56.5 Å². The molecule has 5 nitrogen and oxygen atoms in total. The molecule has 29 heavy (non-hydrogen) atoms. The van der Waals surface area contributed by atoms with E-state index in [1.54, 1.807) is 12.1 Å². The number of ether oxygens (including phenoxy) is 1. The largest absolute Gasteiger partial charge is 0.484 e. The first-order chi connectivity index (χ1) is 13.4. The Morgan fingerprint density at radius 1 is 1.21 bits per heavy atom. The second-order valence-corrected chi connectivity index (χ2v) is 7.08. The van der Waals surface area contributed by atoms with Crippen molar-refractivity contribution in [3.63, 3.8) is 0 Å². The number of benzene rings is 1. The minimum absolute atomic E-state index is 0. The lowest BCUT2D eigenvalue weighted by molar-refractivity contribution is -0.153. The van der Waals surface area contributed by atoms with Gasteiger partial charge in [0.25, 0.3) is 0 Å². The number of hydrogen-bond donors (Lipinski definition) is 2. The van der Waals surface area contributed by atoms with Gasteiger partial charge >= 0.3 is 6.18 Å². The fourth-order valence-electron chi connectivity index (χ4n) is 3.21. The maximum absolute atomic E-state index is 12.2. The van der Waals surface area contributed by atoms with Crippen molar-refractivity contribution < 1.29 is 17.9 Å². The van der Waals surface area contributed by atoms with Crippen molar-refractivity contribution in [2.75, 3.05) is 39.3 Å². The molecule has 0 aromatic heterocycles. The molecule has 1 unspecified atom stereocenters. The molecule has 0 amide bonds. The van der Waals surface area contributed by atoms with Crippen LogP contribution in [0.4, 0.5) is 13.2 Å². The van der Waals surface area contributed by atoms with E-state index < -0.39 is 12.8 Å². The number of rotatable bonds is 9. The molecule has 1 fully saturated rings. The van der Waals surface area contributed by atoms with E-state index in [4.69, 9.17) is 4.74 Å². The van der Waals surface area contributed by atoms with Crippen LogP contribution in [0.15, 0.2) is 29.3 Å². The lowest BCUT2D eigenvalue weighted by atomic mass is 10.1. The summed E-state index contributed by atoms with van der Waals surface area (Å²) in [6.45, 7) is 8.49. The van der Waals surface area contributed by atoms with E-state index in [9.17, 15) is 13.2 Å². The predicted molar refractivity (Wildman–Crippen MR) is 121 cm³/mol. The first kappa shape index (κ1) is 25.8. The lowest BCUT2D eigenvalue weighted by Gasteiger charge is -2.17. The minimum atomic E-state index is -4.33. The third-order valence-electron chi connectivity index (χ3n) is 4.56. The molecule has 0 spiro atoms. The Morgan fingerprint density at radius 2 is 1.93 bits per heavy atom. The van der Waals surface area contributed by atoms with Gasteiger partial charge in [-0.15, -0.1) is 24.0 Å². The highest BCUT2D eigenvalue weighted by atomic mass is 127. The van der Waals surface area contributed by atoms with Gasteiger partial charge in [0.05, 0.1) is 6.54 Å². The molecule has 1 aromatic rings. The van der Waals surface area contributed by atoms with Crippen molar-refractivity contribution in [1.29, 1.82) is 0 Å². The van der Waals surface area contributed by atoms with Crippen LogP contribution in [0.5, 0.6) is 5.75 Å². The zero-order chi connectivity index (χ0) is 20.4. The third kappa shape index (κ3) is 10.4. The number of alkyl halides is 3. The molecule has 166 valence electrons. The van der Waals surface area contributed by atoms with Gasteiger partial charge in [0, 0.05) is 19.6 Å². The second kappa shape index (κ2) is 13.1. The fourth-order valence-corrected chi connectivity index (χ4v) is 3.21. The predicted octanol–water partition coefficient (Wildman–Crippen LogP) is 4.03. The number of aliphatic imine (C=N–C) groups is 1. The molecule has 0 bridgehead atoms. The molecule has 0 saturated carbocycles. The molecule has 1 aromatic carbocycles. The van der Waals surface area contributed by atoms with E-state index >= 15 is 0 Å². The fraction of sp³-hybridized carbons (Fsp3) is 0.650. The number of halogens is 4. The molecule has 1 aliphatic rings. The summed E-state index contributed by atoms with van der Waals surface area (Å²) in [6.07, 6.45) is -1.95. The number of likely N-dealkylation sites (tertiary alicyclic amines) is 1. The van der Waals surface area contributed by atoms with Crippen LogP contribution < -0.4 is 15.4 Å². The van der Waals surface area contributed by atoms with Crippen LogP contribution in [0.25, 0.3) is 0 Å². The Kier molecular flexibility index (Phi) is 11.7. The first-order valence-electron chi connectivity index (χ1n) is 9.92. The molecule has 1 heterocycles. The van der Waals surface area contributed by atoms with Crippen LogP contribution >= 0.6 is 24.0 Å². The molecular formula is C20H32F3IN4O. The molecule has 1 aliphatic heterocycles. The van der Waals surface area contributed by atoms with Crippen LogP contribution in [0.2, 0.25) is 0 Å². The summed E-state index contributed by atoms with van der Waals surface area (Å²) in [4.78, 5) is 7.07. The van der Waals surface area contributed by atoms with Gasteiger partial charge in [0.15, 0.2) is 12.6 Å². The minimum Gasteiger partial charge on any atom is -0.484 e. The summed E-state index contributed by atoms with van der Waals surface area (Å²) in [5, 5.41) is 6.64. The summed E-state index contributed by atoms with van der Waals surface area (Å²) < 4.78 is 41.3. The number of guanidine groups is 1. The van der Waals surface area contributed by atoms with Crippen molar-refractivity contribution in [2.45, 2.75) is 39.4 Å². The zero-order valence-electron chi connectivity index (χ0n) is 17.1. The third-order valence-corrected chi connectivity index (χ3v) is 4.56. The normalized spacial score (nSPS) is 17.7. The summed E-state index contributed by atoms with van der Waals surface area (Å²) in [6, 6.07) is 6.55. The Balaban J connectivity index is 0.00000420. The number of nitrogens with zero attached hydrogens (tertiary/aromatic N) is 2. The van der Waals surface area contributed by atoms with Crippen molar-refractivity contribution >= 4 is 29.9 Å². The Hall–Kier alpha value is -1.23. The Bertz CT molecular complexity index is 611. The standard InChI is InChI=1S/C20H31F3N4O.HI/c1-3-10-27-11-9-17(14-27)13-26-19(24-4-2)25-12-16-5-7-18(8-6-16)28-15-20(21,22)23;/h5-8,17H,3-4,9-15H2,1-2H3,(H2,24,25,26);1H. The van der Waals surface area contributed by atoms with E-state index in [0.29, 0.717) is 12.5 Å². The smallest absolute Gasteiger partial charge is 0.422 e. The summed E-state index contributed by atoms with van der Waals surface area (Å²) in [7, 11) is 0. The topological polar surface area (TPSA) is 48.9 Å². The van der Waals surface area contributed by atoms with Gasteiger partial charge in [-0.25, -0.2) is 4.99 Å². The molecule has 2 rings (SSSR count). The van der Waals surface area contributed by atoms with E-state index in [2.05, 4.69) is 27.4 Å². The van der Waals surface area contributed by atoms with Gasteiger partial charge in [-0.2, -0.15) is 13.2 Å². The monoisotopic (exact) mass is 528 g/mol. The maximum Gasteiger partial charge on any atom is 0.422 e. The van der Waals surface area contributed by atoms with Crippen molar-refractivity contribution in [1.82, 2.24) is 15.5 Å². The average molecular weight is 528 g/mol. The average Bonchev–Trinajstić information content (AvgIpc) is 3.10. The van der Waals surface area contributed by atoms with Crippen molar-refractivity contribution in [3.8, 4) is 5.75 Å². The summed E-state index contributed by atoms with van der Waals surface area (Å²) in [5.74, 6) is 1.59. The van der Waals surface area contributed by atoms with Crippen LogP contribution in [0.1, 0.15) is 32.3 Å². The van der Waals surface area contributed by atoms with E-state index in [1.807, 2.05) is 6.92 Å². The zero-order valence-corrected chi connectivity index (χ0v) is 19.4. The highest BCUT2D eigenvalue weighted by Gasteiger charge is 2.28. The highest BCUT2D eigenvalue weighted by Crippen LogP contribution is 2.19. The van der Waals surface area contributed by atoms with Gasteiger partial charge in [0.1, 0.15) is 5.75 Å². The van der Waals surface area contributed by atoms with Crippen molar-refractivity contribution in [2.24, 2.45) is 10.9 Å². The Morgan fingerprint density at radius 3 is 2.55 bits per heavy atom. The quantitative estimate of drug-likeness (QED) is 0.289. The summed E-state index contributed by atoms with van der Waals surface area (Å²) >= 11 is 0. The van der Waals surface area contributed by atoms with Gasteiger partial charge in [0.2, 0.25) is 0 Å². The molecule has 0 radical (unpaired) electrons. The van der Waals surface area contributed by atoms with Crippen LogP contribution in [0, 0.1) is 5.92 Å². The van der Waals surface area contributed by atoms with Crippen LogP contribution in [-0.4, -0.2) is 56.4 Å². The van der Waals surface area contributed by atoms with E-state index in [1.165, 1.54) is 25.0 Å². The van der Waals surface area contributed by atoms with Gasteiger partial charge in [-0.1, -0.05) is 19.1 Å². The lowest BCUT2D eigenvalue weighted by Crippen LogP contribution is -2.40. The SMILES string of the molecule is CCCN1CCC(CNC(=NCc2ccc(OCC(F)(F)F)cc2)NCC)C1.I. The van der Waals surface area contributed by atoms with Crippen LogP contribution in [-0.2, 0) is 6.54 Å². The molecule has 0 aliphatic carbocycles. The van der Waals surface area contributed by atoms with Crippen molar-refractivity contribution in [3.05, 3.63) is 29.8 Å². The van der Waals surface area contributed by atoms with Gasteiger partial charge < -0.3 is 20.3 Å². The second-order valence-electron chi connectivity index (χ2n) is 7.08. The molecule has 1 atom stereocenters. The highest BCUT2D eigenvalue weighted by molar-refractivity contribution is 14.0. The Labute approximate surface area is 188 Å². The molecule has 9 heteroatoms. The maximum atomic E-state index is 12.2. The molecular weight excluding hydrogens is 496 g/mol. The van der Waals surface area contributed by atoms with E-state index in [0.717, 1.165) is 44.2 Å². The first-order valence-corrected chi connectivity index (χ1v) is 9.92. The number of hydrogen-bond acceptors (Lipinski definition) is 3. The van der Waals surface area contributed by atoms with Gasteiger partial charge in [-0.3, -0.25) is 0 Å².